The van der Waals surface area contributed by atoms with E-state index in [0.29, 0.717) is 11.5 Å². The molecule has 2 aliphatic carbocycles. The Labute approximate surface area is 114 Å². The Bertz CT molecular complexity index is 279. The summed E-state index contributed by atoms with van der Waals surface area (Å²) in [5.41, 5.74) is 6.64. The summed E-state index contributed by atoms with van der Waals surface area (Å²) >= 11 is 0. The molecule has 0 aromatic rings. The summed E-state index contributed by atoms with van der Waals surface area (Å²) in [4.78, 5) is 0. The van der Waals surface area contributed by atoms with Crippen LogP contribution in [-0.2, 0) is 0 Å². The summed E-state index contributed by atoms with van der Waals surface area (Å²) in [6.07, 6.45) is 12.7. The Morgan fingerprint density at radius 1 is 1.28 bits per heavy atom. The molecule has 2 N–H and O–H groups in total. The SMILES string of the molecule is C.CCC(CC)C1(C2CCC(N)CC2C)C=CC1. The zero-order valence-electron chi connectivity index (χ0n) is 11.8. The van der Waals surface area contributed by atoms with Crippen molar-refractivity contribution in [2.75, 3.05) is 0 Å². The first-order valence-electron chi connectivity index (χ1n) is 7.57. The van der Waals surface area contributed by atoms with E-state index in [2.05, 4.69) is 32.9 Å². The molecule has 0 saturated heterocycles. The quantitative estimate of drug-likeness (QED) is 0.716. The van der Waals surface area contributed by atoms with Gasteiger partial charge in [-0.25, -0.2) is 0 Å². The number of hydrogen-bond acceptors (Lipinski definition) is 1. The Balaban J connectivity index is 0.00000162. The van der Waals surface area contributed by atoms with Crippen LogP contribution in [0.4, 0.5) is 0 Å². The summed E-state index contributed by atoms with van der Waals surface area (Å²) in [6.45, 7) is 7.16. The maximum atomic E-state index is 6.11. The van der Waals surface area contributed by atoms with Crippen molar-refractivity contribution >= 4 is 0 Å². The molecule has 4 atom stereocenters. The third kappa shape index (κ3) is 2.52. The molecule has 1 nitrogen and oxygen atoms in total. The largest absolute Gasteiger partial charge is 0.328 e. The van der Waals surface area contributed by atoms with Gasteiger partial charge in [-0.2, -0.15) is 0 Å². The second-order valence-electron chi connectivity index (χ2n) is 6.39. The van der Waals surface area contributed by atoms with Gasteiger partial charge in [-0.05, 0) is 48.9 Å². The zero-order valence-corrected chi connectivity index (χ0v) is 11.8. The van der Waals surface area contributed by atoms with Gasteiger partial charge in [0.05, 0.1) is 0 Å². The zero-order chi connectivity index (χ0) is 12.5. The van der Waals surface area contributed by atoms with Crippen LogP contribution < -0.4 is 5.73 Å². The van der Waals surface area contributed by atoms with Crippen LogP contribution in [0, 0.1) is 23.2 Å². The van der Waals surface area contributed by atoms with E-state index in [1.165, 1.54) is 38.5 Å². The van der Waals surface area contributed by atoms with Crippen LogP contribution in [0.5, 0.6) is 0 Å². The van der Waals surface area contributed by atoms with Gasteiger partial charge in [0.25, 0.3) is 0 Å². The summed E-state index contributed by atoms with van der Waals surface area (Å²) in [5.74, 6) is 2.58. The van der Waals surface area contributed by atoms with Gasteiger partial charge in [0.2, 0.25) is 0 Å². The lowest BCUT2D eigenvalue weighted by molar-refractivity contribution is 0.0332. The molecule has 1 heteroatoms. The first-order chi connectivity index (χ1) is 8.14. The Hall–Kier alpha value is -0.300. The minimum absolute atomic E-state index is 0. The van der Waals surface area contributed by atoms with Crippen molar-refractivity contribution in [3.8, 4) is 0 Å². The molecule has 0 aromatic heterocycles. The normalized spacial score (nSPS) is 39.3. The average molecular weight is 251 g/mol. The average Bonchev–Trinajstić information content (AvgIpc) is 2.24. The maximum absolute atomic E-state index is 6.11. The molecule has 1 saturated carbocycles. The van der Waals surface area contributed by atoms with Crippen LogP contribution >= 0.6 is 0 Å². The monoisotopic (exact) mass is 251 g/mol. The van der Waals surface area contributed by atoms with Gasteiger partial charge in [0.1, 0.15) is 0 Å². The van der Waals surface area contributed by atoms with Crippen LogP contribution in [0.15, 0.2) is 12.2 Å². The highest BCUT2D eigenvalue weighted by atomic mass is 14.7. The van der Waals surface area contributed by atoms with E-state index >= 15 is 0 Å². The van der Waals surface area contributed by atoms with E-state index in [4.69, 9.17) is 5.73 Å². The summed E-state index contributed by atoms with van der Waals surface area (Å²) in [7, 11) is 0. The molecule has 2 rings (SSSR count). The number of hydrogen-bond donors (Lipinski definition) is 1. The Kier molecular flexibility index (Phi) is 5.46. The minimum Gasteiger partial charge on any atom is -0.328 e. The molecule has 18 heavy (non-hydrogen) atoms. The first kappa shape index (κ1) is 15.8. The molecule has 0 aromatic carbocycles. The topological polar surface area (TPSA) is 26.0 Å². The van der Waals surface area contributed by atoms with Gasteiger partial charge in [0.15, 0.2) is 0 Å². The van der Waals surface area contributed by atoms with Crippen LogP contribution in [0.1, 0.15) is 66.7 Å². The van der Waals surface area contributed by atoms with E-state index in [9.17, 15) is 0 Å². The smallest absolute Gasteiger partial charge is 0.00415 e. The number of allylic oxidation sites excluding steroid dienone is 2. The maximum Gasteiger partial charge on any atom is 0.00415 e. The molecule has 0 spiro atoms. The molecule has 4 unspecified atom stereocenters. The molecular formula is C17H33N. The van der Waals surface area contributed by atoms with Gasteiger partial charge < -0.3 is 5.73 Å². The van der Waals surface area contributed by atoms with Gasteiger partial charge in [-0.3, -0.25) is 0 Å². The van der Waals surface area contributed by atoms with Crippen molar-refractivity contribution in [2.45, 2.75) is 72.8 Å². The van der Waals surface area contributed by atoms with Crippen LogP contribution in [0.2, 0.25) is 0 Å². The van der Waals surface area contributed by atoms with Gasteiger partial charge in [0, 0.05) is 6.04 Å². The second kappa shape index (κ2) is 6.23. The van der Waals surface area contributed by atoms with E-state index < -0.39 is 0 Å². The van der Waals surface area contributed by atoms with E-state index in [-0.39, 0.29) is 7.43 Å². The molecule has 0 bridgehead atoms. The Morgan fingerprint density at radius 2 is 1.89 bits per heavy atom. The van der Waals surface area contributed by atoms with Crippen molar-refractivity contribution < 1.29 is 0 Å². The van der Waals surface area contributed by atoms with Crippen molar-refractivity contribution in [2.24, 2.45) is 28.9 Å². The fourth-order valence-electron chi connectivity index (χ4n) is 4.56. The van der Waals surface area contributed by atoms with Gasteiger partial charge in [-0.1, -0.05) is 53.2 Å². The lowest BCUT2D eigenvalue weighted by Crippen LogP contribution is -2.46. The third-order valence-corrected chi connectivity index (χ3v) is 5.55. The van der Waals surface area contributed by atoms with Gasteiger partial charge in [-0.15, -0.1) is 0 Å². The Morgan fingerprint density at radius 3 is 2.28 bits per heavy atom. The van der Waals surface area contributed by atoms with E-state index in [0.717, 1.165) is 17.8 Å². The van der Waals surface area contributed by atoms with E-state index in [1.54, 1.807) is 0 Å². The standard InChI is InChI=1S/C16H29N.CH4/c1-4-13(5-2)16(9-6-10-16)15-8-7-14(17)11-12(15)3;/h6,9,12-15H,4-5,7-8,10-11,17H2,1-3H3;1H4. The highest BCUT2D eigenvalue weighted by molar-refractivity contribution is 5.18. The van der Waals surface area contributed by atoms with Crippen molar-refractivity contribution in [1.29, 1.82) is 0 Å². The fraction of sp³-hybridized carbons (Fsp3) is 0.882. The van der Waals surface area contributed by atoms with Gasteiger partial charge >= 0.3 is 0 Å². The summed E-state index contributed by atoms with van der Waals surface area (Å²) in [6, 6.07) is 0.462. The molecule has 0 amide bonds. The second-order valence-corrected chi connectivity index (χ2v) is 6.39. The van der Waals surface area contributed by atoms with Crippen LogP contribution in [-0.4, -0.2) is 6.04 Å². The summed E-state index contributed by atoms with van der Waals surface area (Å²) in [5, 5.41) is 0. The highest BCUT2D eigenvalue weighted by Crippen LogP contribution is 2.55. The van der Waals surface area contributed by atoms with Crippen LogP contribution in [0.25, 0.3) is 0 Å². The summed E-state index contributed by atoms with van der Waals surface area (Å²) < 4.78 is 0. The van der Waals surface area contributed by atoms with Crippen molar-refractivity contribution in [1.82, 2.24) is 0 Å². The number of nitrogens with two attached hydrogens (primary N) is 1. The fourth-order valence-corrected chi connectivity index (χ4v) is 4.56. The molecule has 106 valence electrons. The molecule has 1 fully saturated rings. The lowest BCUT2D eigenvalue weighted by Gasteiger charge is -2.52. The molecule has 0 radical (unpaired) electrons. The lowest BCUT2D eigenvalue weighted by atomic mass is 9.52. The predicted molar refractivity (Wildman–Crippen MR) is 81.5 cm³/mol. The molecule has 0 heterocycles. The molecule has 0 aliphatic heterocycles. The van der Waals surface area contributed by atoms with E-state index in [1.807, 2.05) is 0 Å². The molecular weight excluding hydrogens is 218 g/mol. The minimum atomic E-state index is 0. The highest BCUT2D eigenvalue weighted by Gasteiger charge is 2.47. The van der Waals surface area contributed by atoms with Crippen LogP contribution in [0.3, 0.4) is 0 Å². The van der Waals surface area contributed by atoms with Crippen molar-refractivity contribution in [3.05, 3.63) is 12.2 Å². The third-order valence-electron chi connectivity index (χ3n) is 5.55. The van der Waals surface area contributed by atoms with Crippen molar-refractivity contribution in [3.63, 3.8) is 0 Å². The number of rotatable bonds is 4. The predicted octanol–water partition coefficient (Wildman–Crippen LogP) is 4.77. The molecule has 2 aliphatic rings. The first-order valence-corrected chi connectivity index (χ1v) is 7.57.